The Morgan fingerprint density at radius 2 is 2.15 bits per heavy atom. The Hall–Kier alpha value is -1.06. The largest absolute Gasteiger partial charge is 0.490 e. The number of benzene rings is 1. The van der Waals surface area contributed by atoms with Gasteiger partial charge in [-0.1, -0.05) is 12.1 Å². The monoisotopic (exact) mass is 273 g/mol. The van der Waals surface area contributed by atoms with Crippen LogP contribution in [0.2, 0.25) is 0 Å². The standard InChI is InChI=1S/C17H23NO2/c18-15-6-5-14-13(15)3-1-4-16(14)20-12-7-10-19-17(11-12)8-2-9-17/h1,3-4,12,15H,2,5-11,18H2. The van der Waals surface area contributed by atoms with E-state index in [9.17, 15) is 0 Å². The molecule has 2 atom stereocenters. The fraction of sp³-hybridized carbons (Fsp3) is 0.647. The van der Waals surface area contributed by atoms with E-state index in [1.807, 2.05) is 0 Å². The van der Waals surface area contributed by atoms with E-state index in [0.29, 0.717) is 6.10 Å². The van der Waals surface area contributed by atoms with E-state index < -0.39 is 0 Å². The first-order chi connectivity index (χ1) is 9.76. The molecule has 0 amide bonds. The number of fused-ring (bicyclic) bond motifs is 1. The summed E-state index contributed by atoms with van der Waals surface area (Å²) in [6.45, 7) is 0.846. The maximum absolute atomic E-state index is 6.34. The van der Waals surface area contributed by atoms with Crippen LogP contribution in [0.3, 0.4) is 0 Å². The average molecular weight is 273 g/mol. The van der Waals surface area contributed by atoms with Gasteiger partial charge in [-0.25, -0.2) is 0 Å². The SMILES string of the molecule is NC1CCc2c(OC3CCOC4(CCC4)C3)cccc21. The average Bonchev–Trinajstić information content (AvgIpc) is 2.81. The molecule has 1 saturated heterocycles. The summed E-state index contributed by atoms with van der Waals surface area (Å²) < 4.78 is 12.3. The summed E-state index contributed by atoms with van der Waals surface area (Å²) >= 11 is 0. The molecule has 1 saturated carbocycles. The predicted molar refractivity (Wildman–Crippen MR) is 77.9 cm³/mol. The van der Waals surface area contributed by atoms with Gasteiger partial charge in [0.15, 0.2) is 0 Å². The zero-order chi connectivity index (χ0) is 13.6. The van der Waals surface area contributed by atoms with Crippen molar-refractivity contribution in [1.29, 1.82) is 0 Å². The van der Waals surface area contributed by atoms with E-state index in [4.69, 9.17) is 15.2 Å². The van der Waals surface area contributed by atoms with Gasteiger partial charge >= 0.3 is 0 Å². The number of hydrogen-bond donors (Lipinski definition) is 1. The van der Waals surface area contributed by atoms with Gasteiger partial charge in [-0.2, -0.15) is 0 Å². The van der Waals surface area contributed by atoms with Gasteiger partial charge in [-0.3, -0.25) is 0 Å². The fourth-order valence-corrected chi connectivity index (χ4v) is 3.95. The van der Waals surface area contributed by atoms with Gasteiger partial charge in [-0.05, 0) is 49.3 Å². The van der Waals surface area contributed by atoms with E-state index >= 15 is 0 Å². The highest BCUT2D eigenvalue weighted by molar-refractivity contribution is 5.45. The lowest BCUT2D eigenvalue weighted by Gasteiger charge is -2.47. The fourth-order valence-electron chi connectivity index (χ4n) is 3.95. The normalized spacial score (nSPS) is 30.9. The molecule has 2 unspecified atom stereocenters. The smallest absolute Gasteiger partial charge is 0.123 e. The molecule has 0 bridgehead atoms. The third kappa shape index (κ3) is 2.04. The van der Waals surface area contributed by atoms with Crippen LogP contribution < -0.4 is 10.5 Å². The van der Waals surface area contributed by atoms with Crippen molar-refractivity contribution in [2.24, 2.45) is 5.73 Å². The molecule has 4 rings (SSSR count). The third-order valence-corrected chi connectivity index (χ3v) is 5.28. The highest BCUT2D eigenvalue weighted by Gasteiger charge is 2.43. The Bertz CT molecular complexity index is 510. The summed E-state index contributed by atoms with van der Waals surface area (Å²) in [4.78, 5) is 0. The first-order valence-corrected chi connectivity index (χ1v) is 7.94. The second-order valence-corrected chi connectivity index (χ2v) is 6.59. The van der Waals surface area contributed by atoms with E-state index in [1.165, 1.54) is 30.4 Å². The topological polar surface area (TPSA) is 44.5 Å². The van der Waals surface area contributed by atoms with Crippen molar-refractivity contribution in [2.75, 3.05) is 6.61 Å². The van der Waals surface area contributed by atoms with Gasteiger partial charge < -0.3 is 15.2 Å². The number of nitrogens with two attached hydrogens (primary N) is 1. The summed E-state index contributed by atoms with van der Waals surface area (Å²) in [7, 11) is 0. The molecule has 2 fully saturated rings. The minimum atomic E-state index is 0.150. The van der Waals surface area contributed by atoms with Gasteiger partial charge in [0.25, 0.3) is 0 Å². The molecule has 0 aromatic heterocycles. The molecule has 1 aliphatic heterocycles. The zero-order valence-electron chi connectivity index (χ0n) is 11.9. The maximum Gasteiger partial charge on any atom is 0.123 e. The lowest BCUT2D eigenvalue weighted by molar-refractivity contribution is -0.153. The summed E-state index contributed by atoms with van der Waals surface area (Å²) in [6.07, 6.45) is 8.22. The van der Waals surface area contributed by atoms with Gasteiger partial charge in [0.1, 0.15) is 11.9 Å². The van der Waals surface area contributed by atoms with Crippen LogP contribution in [0.25, 0.3) is 0 Å². The van der Waals surface area contributed by atoms with Crippen LogP contribution in [0.15, 0.2) is 18.2 Å². The van der Waals surface area contributed by atoms with Crippen LogP contribution in [-0.4, -0.2) is 18.3 Å². The van der Waals surface area contributed by atoms with Crippen molar-refractivity contribution in [3.63, 3.8) is 0 Å². The van der Waals surface area contributed by atoms with Crippen molar-refractivity contribution in [3.05, 3.63) is 29.3 Å². The molecule has 108 valence electrons. The van der Waals surface area contributed by atoms with Crippen LogP contribution in [0.4, 0.5) is 0 Å². The predicted octanol–water partition coefficient (Wildman–Crippen LogP) is 3.11. The van der Waals surface area contributed by atoms with Crippen molar-refractivity contribution in [3.8, 4) is 5.75 Å². The third-order valence-electron chi connectivity index (χ3n) is 5.28. The second kappa shape index (κ2) is 4.74. The minimum Gasteiger partial charge on any atom is -0.490 e. The summed E-state index contributed by atoms with van der Waals surface area (Å²) in [5.41, 5.74) is 8.92. The molecule has 1 heterocycles. The Morgan fingerprint density at radius 1 is 1.25 bits per heavy atom. The minimum absolute atomic E-state index is 0.150. The molecule has 2 N–H and O–H groups in total. The van der Waals surface area contributed by atoms with Crippen molar-refractivity contribution in [1.82, 2.24) is 0 Å². The van der Waals surface area contributed by atoms with Crippen molar-refractivity contribution >= 4 is 0 Å². The molecule has 20 heavy (non-hydrogen) atoms. The van der Waals surface area contributed by atoms with Crippen LogP contribution in [0.5, 0.6) is 5.75 Å². The molecule has 3 aliphatic rings. The lowest BCUT2D eigenvalue weighted by Crippen LogP contribution is -2.48. The Kier molecular flexibility index (Phi) is 3.00. The van der Waals surface area contributed by atoms with Gasteiger partial charge in [0.05, 0.1) is 12.2 Å². The van der Waals surface area contributed by atoms with Gasteiger partial charge in [0, 0.05) is 18.9 Å². The van der Waals surface area contributed by atoms with Gasteiger partial charge in [-0.15, -0.1) is 0 Å². The molecule has 3 heteroatoms. The number of rotatable bonds is 2. The first-order valence-electron chi connectivity index (χ1n) is 7.94. The Balaban J connectivity index is 1.52. The number of hydrogen-bond acceptors (Lipinski definition) is 3. The van der Waals surface area contributed by atoms with Crippen molar-refractivity contribution < 1.29 is 9.47 Å². The molecular formula is C17H23NO2. The van der Waals surface area contributed by atoms with Gasteiger partial charge in [0.2, 0.25) is 0 Å². The highest BCUT2D eigenvalue weighted by Crippen LogP contribution is 2.44. The Morgan fingerprint density at radius 3 is 2.95 bits per heavy atom. The van der Waals surface area contributed by atoms with Crippen LogP contribution in [-0.2, 0) is 11.2 Å². The van der Waals surface area contributed by atoms with Crippen molar-refractivity contribution in [2.45, 2.75) is 62.7 Å². The van der Waals surface area contributed by atoms with E-state index in [0.717, 1.165) is 38.0 Å². The van der Waals surface area contributed by atoms with Crippen LogP contribution in [0.1, 0.15) is 55.7 Å². The summed E-state index contributed by atoms with van der Waals surface area (Å²) in [5.74, 6) is 1.07. The molecular weight excluding hydrogens is 250 g/mol. The van der Waals surface area contributed by atoms with Crippen LogP contribution >= 0.6 is 0 Å². The molecule has 1 spiro atoms. The zero-order valence-corrected chi connectivity index (χ0v) is 11.9. The van der Waals surface area contributed by atoms with Crippen LogP contribution in [0, 0.1) is 0 Å². The van der Waals surface area contributed by atoms with E-state index in [1.54, 1.807) is 0 Å². The summed E-state index contributed by atoms with van der Waals surface area (Å²) in [5, 5.41) is 0. The molecule has 2 aliphatic carbocycles. The number of ether oxygens (including phenoxy) is 2. The molecule has 0 radical (unpaired) electrons. The summed E-state index contributed by atoms with van der Waals surface area (Å²) in [6, 6.07) is 6.54. The van der Waals surface area contributed by atoms with E-state index in [-0.39, 0.29) is 11.6 Å². The molecule has 3 nitrogen and oxygen atoms in total. The molecule has 1 aromatic carbocycles. The highest BCUT2D eigenvalue weighted by atomic mass is 16.5. The molecule has 1 aromatic rings. The second-order valence-electron chi connectivity index (χ2n) is 6.59. The van der Waals surface area contributed by atoms with E-state index in [2.05, 4.69) is 18.2 Å². The lowest BCUT2D eigenvalue weighted by atomic mass is 9.74. The quantitative estimate of drug-likeness (QED) is 0.900. The Labute approximate surface area is 120 Å². The maximum atomic E-state index is 6.34. The first kappa shape index (κ1) is 12.7.